The molecular weight excluding hydrogens is 291 g/mol. The Labute approximate surface area is 133 Å². The molecule has 23 heavy (non-hydrogen) atoms. The normalized spacial score (nSPS) is 10.5. The molecule has 114 valence electrons. The van der Waals surface area contributed by atoms with Gasteiger partial charge in [-0.15, -0.1) is 0 Å². The third-order valence-electron chi connectivity index (χ3n) is 3.72. The molecule has 0 spiro atoms. The van der Waals surface area contributed by atoms with E-state index in [2.05, 4.69) is 0 Å². The third kappa shape index (κ3) is 3.14. The Morgan fingerprint density at radius 1 is 0.870 bits per heavy atom. The standard InChI is InChI=1S/C20H15FO2/c1-13-7-8-18(19(21)9-13)16-10-15(11-17(12-16)20(22)23)14-5-3-2-4-6-14/h2-12H,1H3,(H,22,23). The zero-order valence-corrected chi connectivity index (χ0v) is 12.6. The number of carbonyl (C=O) groups is 1. The van der Waals surface area contributed by atoms with Gasteiger partial charge in [0.05, 0.1) is 5.56 Å². The predicted molar refractivity (Wildman–Crippen MR) is 89.0 cm³/mol. The number of hydrogen-bond acceptors (Lipinski definition) is 1. The van der Waals surface area contributed by atoms with Crippen LogP contribution in [-0.4, -0.2) is 11.1 Å². The van der Waals surface area contributed by atoms with E-state index < -0.39 is 5.97 Å². The van der Waals surface area contributed by atoms with E-state index in [0.29, 0.717) is 11.1 Å². The van der Waals surface area contributed by atoms with Crippen LogP contribution in [0, 0.1) is 12.7 Å². The maximum Gasteiger partial charge on any atom is 0.335 e. The fourth-order valence-electron chi connectivity index (χ4n) is 2.56. The van der Waals surface area contributed by atoms with Crippen molar-refractivity contribution in [1.29, 1.82) is 0 Å². The molecule has 1 N–H and O–H groups in total. The van der Waals surface area contributed by atoms with Crippen molar-refractivity contribution in [3.8, 4) is 22.3 Å². The van der Waals surface area contributed by atoms with Crippen molar-refractivity contribution in [2.45, 2.75) is 6.92 Å². The Morgan fingerprint density at radius 2 is 1.57 bits per heavy atom. The van der Waals surface area contributed by atoms with Crippen LogP contribution in [0.25, 0.3) is 22.3 Å². The molecule has 2 nitrogen and oxygen atoms in total. The first-order valence-corrected chi connectivity index (χ1v) is 7.25. The summed E-state index contributed by atoms with van der Waals surface area (Å²) < 4.78 is 14.3. The maximum absolute atomic E-state index is 14.3. The van der Waals surface area contributed by atoms with E-state index in [1.54, 1.807) is 12.1 Å². The van der Waals surface area contributed by atoms with Crippen LogP contribution in [0.5, 0.6) is 0 Å². The van der Waals surface area contributed by atoms with Crippen molar-refractivity contribution in [3.63, 3.8) is 0 Å². The Morgan fingerprint density at radius 3 is 2.22 bits per heavy atom. The van der Waals surface area contributed by atoms with Gasteiger partial charge in [0.15, 0.2) is 0 Å². The van der Waals surface area contributed by atoms with Crippen LogP contribution >= 0.6 is 0 Å². The summed E-state index contributed by atoms with van der Waals surface area (Å²) in [6.07, 6.45) is 0. The van der Waals surface area contributed by atoms with E-state index in [1.165, 1.54) is 12.1 Å². The molecule has 0 heterocycles. The minimum absolute atomic E-state index is 0.140. The van der Waals surface area contributed by atoms with Gasteiger partial charge in [-0.25, -0.2) is 9.18 Å². The van der Waals surface area contributed by atoms with Crippen molar-refractivity contribution >= 4 is 5.97 Å². The van der Waals surface area contributed by atoms with Crippen LogP contribution in [-0.2, 0) is 0 Å². The Balaban J connectivity index is 2.21. The SMILES string of the molecule is Cc1ccc(-c2cc(C(=O)O)cc(-c3ccccc3)c2)c(F)c1. The lowest BCUT2D eigenvalue weighted by Gasteiger charge is -2.10. The Hall–Kier alpha value is -2.94. The van der Waals surface area contributed by atoms with Gasteiger partial charge in [0.25, 0.3) is 0 Å². The molecular formula is C20H15FO2. The zero-order valence-electron chi connectivity index (χ0n) is 12.6. The highest BCUT2D eigenvalue weighted by Gasteiger charge is 2.12. The fourth-order valence-corrected chi connectivity index (χ4v) is 2.56. The molecule has 0 saturated heterocycles. The lowest BCUT2D eigenvalue weighted by atomic mass is 9.95. The van der Waals surface area contributed by atoms with E-state index in [-0.39, 0.29) is 11.4 Å². The lowest BCUT2D eigenvalue weighted by molar-refractivity contribution is 0.0697. The van der Waals surface area contributed by atoms with E-state index in [4.69, 9.17) is 0 Å². The summed E-state index contributed by atoms with van der Waals surface area (Å²) >= 11 is 0. The molecule has 0 aliphatic rings. The first-order valence-electron chi connectivity index (χ1n) is 7.25. The largest absolute Gasteiger partial charge is 0.478 e. The Kier molecular flexibility index (Phi) is 3.94. The molecule has 0 aliphatic heterocycles. The molecule has 0 radical (unpaired) electrons. The van der Waals surface area contributed by atoms with Gasteiger partial charge in [-0.3, -0.25) is 0 Å². The first kappa shape index (κ1) is 15.0. The van der Waals surface area contributed by atoms with Crippen molar-refractivity contribution in [3.05, 3.63) is 83.7 Å². The summed E-state index contributed by atoms with van der Waals surface area (Å²) in [6, 6.07) is 19.3. The molecule has 0 saturated carbocycles. The minimum atomic E-state index is -1.03. The van der Waals surface area contributed by atoms with Crippen LogP contribution in [0.1, 0.15) is 15.9 Å². The highest BCUT2D eigenvalue weighted by molar-refractivity contribution is 5.92. The summed E-state index contributed by atoms with van der Waals surface area (Å²) in [5.41, 5.74) is 3.56. The van der Waals surface area contributed by atoms with E-state index in [9.17, 15) is 14.3 Å². The van der Waals surface area contributed by atoms with Crippen LogP contribution in [0.15, 0.2) is 66.7 Å². The minimum Gasteiger partial charge on any atom is -0.478 e. The molecule has 0 bridgehead atoms. The number of aromatic carboxylic acids is 1. The molecule has 3 aromatic rings. The number of halogens is 1. The monoisotopic (exact) mass is 306 g/mol. The number of rotatable bonds is 3. The molecule has 0 fully saturated rings. The topological polar surface area (TPSA) is 37.3 Å². The quantitative estimate of drug-likeness (QED) is 0.725. The predicted octanol–water partition coefficient (Wildman–Crippen LogP) is 5.17. The number of carboxylic acids is 1. The van der Waals surface area contributed by atoms with E-state index in [0.717, 1.165) is 16.7 Å². The average molecular weight is 306 g/mol. The number of benzene rings is 3. The van der Waals surface area contributed by atoms with Gasteiger partial charge in [-0.1, -0.05) is 42.5 Å². The summed E-state index contributed by atoms with van der Waals surface area (Å²) in [5, 5.41) is 9.35. The molecule has 3 aromatic carbocycles. The van der Waals surface area contributed by atoms with Crippen molar-refractivity contribution in [2.24, 2.45) is 0 Å². The second kappa shape index (κ2) is 6.05. The molecule has 0 aromatic heterocycles. The molecule has 3 heteroatoms. The zero-order chi connectivity index (χ0) is 16.4. The summed E-state index contributed by atoms with van der Waals surface area (Å²) in [4.78, 5) is 11.4. The van der Waals surface area contributed by atoms with Gasteiger partial charge in [0, 0.05) is 5.56 Å². The fraction of sp³-hybridized carbons (Fsp3) is 0.0500. The number of carboxylic acid groups (broad SMARTS) is 1. The molecule has 0 aliphatic carbocycles. The van der Waals surface area contributed by atoms with Gasteiger partial charge < -0.3 is 5.11 Å². The lowest BCUT2D eigenvalue weighted by Crippen LogP contribution is -1.98. The van der Waals surface area contributed by atoms with Crippen molar-refractivity contribution < 1.29 is 14.3 Å². The highest BCUT2D eigenvalue weighted by atomic mass is 19.1. The summed E-state index contributed by atoms with van der Waals surface area (Å²) in [7, 11) is 0. The third-order valence-corrected chi connectivity index (χ3v) is 3.72. The Bertz CT molecular complexity index is 870. The maximum atomic E-state index is 14.3. The average Bonchev–Trinajstić information content (AvgIpc) is 2.55. The molecule has 3 rings (SSSR count). The van der Waals surface area contributed by atoms with E-state index in [1.807, 2.05) is 49.4 Å². The summed E-state index contributed by atoms with van der Waals surface area (Å²) in [6.45, 7) is 1.82. The summed E-state index contributed by atoms with van der Waals surface area (Å²) in [5.74, 6) is -1.39. The number of hydrogen-bond donors (Lipinski definition) is 1. The van der Waals surface area contributed by atoms with Gasteiger partial charge in [0.2, 0.25) is 0 Å². The van der Waals surface area contributed by atoms with Crippen LogP contribution in [0.3, 0.4) is 0 Å². The van der Waals surface area contributed by atoms with Gasteiger partial charge in [-0.2, -0.15) is 0 Å². The number of aryl methyl sites for hydroxylation is 1. The van der Waals surface area contributed by atoms with Crippen molar-refractivity contribution in [1.82, 2.24) is 0 Å². The molecule has 0 unspecified atom stereocenters. The van der Waals surface area contributed by atoms with Gasteiger partial charge in [-0.05, 0) is 53.4 Å². The van der Waals surface area contributed by atoms with E-state index >= 15 is 0 Å². The smallest absolute Gasteiger partial charge is 0.335 e. The second-order valence-electron chi connectivity index (χ2n) is 5.45. The van der Waals surface area contributed by atoms with Crippen LogP contribution in [0.2, 0.25) is 0 Å². The van der Waals surface area contributed by atoms with Gasteiger partial charge >= 0.3 is 5.97 Å². The molecule has 0 atom stereocenters. The first-order chi connectivity index (χ1) is 11.0. The molecule has 0 amide bonds. The van der Waals surface area contributed by atoms with Crippen molar-refractivity contribution in [2.75, 3.05) is 0 Å². The highest BCUT2D eigenvalue weighted by Crippen LogP contribution is 2.30. The second-order valence-corrected chi connectivity index (χ2v) is 5.45. The van der Waals surface area contributed by atoms with Gasteiger partial charge in [0.1, 0.15) is 5.82 Å². The van der Waals surface area contributed by atoms with Crippen LogP contribution < -0.4 is 0 Å². The van der Waals surface area contributed by atoms with Crippen LogP contribution in [0.4, 0.5) is 4.39 Å².